The average molecular weight is 618 g/mol. The van der Waals surface area contributed by atoms with Gasteiger partial charge in [0, 0.05) is 0 Å². The second kappa shape index (κ2) is 13.0. The van der Waals surface area contributed by atoms with Gasteiger partial charge in [-0.05, 0) is 80.3 Å². The van der Waals surface area contributed by atoms with Crippen molar-refractivity contribution in [2.45, 2.75) is 19.7 Å². The Balaban J connectivity index is 1.40. The molecule has 1 fully saturated rings. The third-order valence-corrected chi connectivity index (χ3v) is 7.79. The van der Waals surface area contributed by atoms with E-state index >= 15 is 0 Å². The van der Waals surface area contributed by atoms with Gasteiger partial charge in [0.25, 0.3) is 5.91 Å². The van der Waals surface area contributed by atoms with Crippen LogP contribution in [0.4, 0.5) is 4.39 Å². The molecule has 1 saturated heterocycles. The highest BCUT2D eigenvalue weighted by molar-refractivity contribution is 9.10. The van der Waals surface area contributed by atoms with E-state index in [4.69, 9.17) is 14.5 Å². The van der Waals surface area contributed by atoms with E-state index in [0.29, 0.717) is 39.1 Å². The lowest BCUT2D eigenvalue weighted by Gasteiger charge is -2.16. The van der Waals surface area contributed by atoms with Gasteiger partial charge >= 0.3 is 0 Å². The lowest BCUT2D eigenvalue weighted by molar-refractivity contribution is -0.122. The van der Waals surface area contributed by atoms with Crippen LogP contribution in [0.5, 0.6) is 11.5 Å². The van der Waals surface area contributed by atoms with Gasteiger partial charge in [0.1, 0.15) is 12.4 Å². The summed E-state index contributed by atoms with van der Waals surface area (Å²) < 4.78 is 25.5. The topological polar surface area (TPSA) is 51.1 Å². The molecule has 0 aliphatic carbocycles. The first kappa shape index (κ1) is 27.7. The molecule has 1 heterocycles. The summed E-state index contributed by atoms with van der Waals surface area (Å²) in [6.45, 7) is 1.16. The van der Waals surface area contributed by atoms with E-state index in [0.717, 1.165) is 22.3 Å². The number of benzene rings is 4. The van der Waals surface area contributed by atoms with Gasteiger partial charge in [-0.2, -0.15) is 0 Å². The van der Waals surface area contributed by atoms with Crippen LogP contribution < -0.4 is 9.47 Å². The number of rotatable bonds is 9. The largest absolute Gasteiger partial charge is 0.493 e. The third-order valence-electron chi connectivity index (χ3n) is 6.16. The molecule has 0 radical (unpaired) electrons. The summed E-state index contributed by atoms with van der Waals surface area (Å²) in [7, 11) is 1.56. The Morgan fingerprint density at radius 1 is 0.925 bits per heavy atom. The van der Waals surface area contributed by atoms with Gasteiger partial charge in [0.15, 0.2) is 16.7 Å². The molecule has 1 amide bonds. The summed E-state index contributed by atoms with van der Waals surface area (Å²) in [6.07, 6.45) is 1.84. The fourth-order valence-electron chi connectivity index (χ4n) is 4.12. The SMILES string of the molecule is COc1cc(/C=C2/SC(=NCc3ccccc3)N(Cc3ccccc3)C2=O)cc(Br)c1OCc1ccc(F)cc1. The fraction of sp³-hybridized carbons (Fsp3) is 0.125. The molecule has 0 atom stereocenters. The van der Waals surface area contributed by atoms with Crippen LogP contribution in [-0.2, 0) is 24.5 Å². The number of amidine groups is 1. The fourth-order valence-corrected chi connectivity index (χ4v) is 5.67. The van der Waals surface area contributed by atoms with Crippen LogP contribution in [0.3, 0.4) is 0 Å². The Morgan fingerprint density at radius 2 is 1.60 bits per heavy atom. The second-order valence-electron chi connectivity index (χ2n) is 9.02. The summed E-state index contributed by atoms with van der Waals surface area (Å²) in [5, 5.41) is 0.661. The van der Waals surface area contributed by atoms with E-state index in [1.54, 1.807) is 24.1 Å². The molecule has 202 valence electrons. The second-order valence-corrected chi connectivity index (χ2v) is 10.9. The molecule has 0 bridgehead atoms. The molecule has 0 spiro atoms. The molecule has 5 rings (SSSR count). The highest BCUT2D eigenvalue weighted by atomic mass is 79.9. The normalized spacial score (nSPS) is 15.2. The van der Waals surface area contributed by atoms with Crippen LogP contribution in [0.25, 0.3) is 6.08 Å². The molecule has 4 aromatic rings. The van der Waals surface area contributed by atoms with E-state index < -0.39 is 0 Å². The predicted octanol–water partition coefficient (Wildman–Crippen LogP) is 7.85. The Hall–Kier alpha value is -3.88. The average Bonchev–Trinajstić information content (AvgIpc) is 3.26. The van der Waals surface area contributed by atoms with Crippen molar-refractivity contribution < 1.29 is 18.7 Å². The first-order valence-corrected chi connectivity index (χ1v) is 14.2. The maximum Gasteiger partial charge on any atom is 0.267 e. The number of nitrogens with zero attached hydrogens (tertiary/aromatic N) is 2. The highest BCUT2D eigenvalue weighted by Gasteiger charge is 2.33. The summed E-state index contributed by atoms with van der Waals surface area (Å²) in [5.41, 5.74) is 3.70. The van der Waals surface area contributed by atoms with E-state index in [-0.39, 0.29) is 18.3 Å². The Morgan fingerprint density at radius 3 is 2.27 bits per heavy atom. The molecule has 1 aliphatic rings. The van der Waals surface area contributed by atoms with Crippen molar-refractivity contribution in [1.82, 2.24) is 4.90 Å². The van der Waals surface area contributed by atoms with E-state index in [1.807, 2.05) is 78.9 Å². The lowest BCUT2D eigenvalue weighted by atomic mass is 10.1. The maximum absolute atomic E-state index is 13.6. The molecule has 4 aromatic carbocycles. The minimum atomic E-state index is -0.296. The number of carbonyl (C=O) groups is 1. The molecular weight excluding hydrogens is 591 g/mol. The van der Waals surface area contributed by atoms with E-state index in [9.17, 15) is 9.18 Å². The smallest absolute Gasteiger partial charge is 0.267 e. The van der Waals surface area contributed by atoms with Crippen molar-refractivity contribution in [3.8, 4) is 11.5 Å². The van der Waals surface area contributed by atoms with Crippen LogP contribution in [-0.4, -0.2) is 23.1 Å². The van der Waals surface area contributed by atoms with E-state index in [2.05, 4.69) is 15.9 Å². The van der Waals surface area contributed by atoms with Gasteiger partial charge in [0.05, 0.1) is 29.6 Å². The Bertz CT molecular complexity index is 1540. The lowest BCUT2D eigenvalue weighted by Crippen LogP contribution is -2.28. The summed E-state index contributed by atoms with van der Waals surface area (Å²) in [6, 6.07) is 29.7. The molecular formula is C32H26BrFN2O3S. The monoisotopic (exact) mass is 616 g/mol. The Labute approximate surface area is 245 Å². The summed E-state index contributed by atoms with van der Waals surface area (Å²) in [4.78, 5) is 20.7. The van der Waals surface area contributed by atoms with Crippen molar-refractivity contribution >= 4 is 44.8 Å². The van der Waals surface area contributed by atoms with Crippen molar-refractivity contribution in [3.05, 3.63) is 135 Å². The first-order chi connectivity index (χ1) is 19.5. The molecule has 0 aromatic heterocycles. The number of hydrogen-bond acceptors (Lipinski definition) is 5. The van der Waals surface area contributed by atoms with Crippen molar-refractivity contribution in [2.75, 3.05) is 7.11 Å². The first-order valence-electron chi connectivity index (χ1n) is 12.6. The Kier molecular flexibility index (Phi) is 8.98. The van der Waals surface area contributed by atoms with Crippen molar-refractivity contribution in [2.24, 2.45) is 4.99 Å². The minimum Gasteiger partial charge on any atom is -0.493 e. The molecule has 1 aliphatic heterocycles. The highest BCUT2D eigenvalue weighted by Crippen LogP contribution is 2.40. The van der Waals surface area contributed by atoms with Crippen LogP contribution in [0.15, 0.2) is 111 Å². The number of carbonyl (C=O) groups excluding carboxylic acids is 1. The molecule has 0 N–H and O–H groups in total. The number of methoxy groups -OCH3 is 1. The number of thioether (sulfide) groups is 1. The van der Waals surface area contributed by atoms with Gasteiger partial charge < -0.3 is 9.47 Å². The number of amides is 1. The third kappa shape index (κ3) is 6.81. The number of halogens is 2. The maximum atomic E-state index is 13.6. The van der Waals surface area contributed by atoms with Gasteiger partial charge in [-0.25, -0.2) is 4.39 Å². The molecule has 0 saturated carbocycles. The zero-order valence-electron chi connectivity index (χ0n) is 21.7. The quantitative estimate of drug-likeness (QED) is 0.180. The minimum absolute atomic E-state index is 0.104. The molecule has 8 heteroatoms. The van der Waals surface area contributed by atoms with Gasteiger partial charge in [-0.1, -0.05) is 72.8 Å². The van der Waals surface area contributed by atoms with E-state index in [1.165, 1.54) is 23.9 Å². The number of aliphatic imine (C=N–C) groups is 1. The predicted molar refractivity (Wildman–Crippen MR) is 162 cm³/mol. The van der Waals surface area contributed by atoms with Gasteiger partial charge in [0.2, 0.25) is 0 Å². The van der Waals surface area contributed by atoms with Gasteiger partial charge in [-0.15, -0.1) is 0 Å². The zero-order valence-corrected chi connectivity index (χ0v) is 24.1. The van der Waals surface area contributed by atoms with Crippen LogP contribution >= 0.6 is 27.7 Å². The van der Waals surface area contributed by atoms with Gasteiger partial charge in [-0.3, -0.25) is 14.7 Å². The van der Waals surface area contributed by atoms with Crippen molar-refractivity contribution in [3.63, 3.8) is 0 Å². The van der Waals surface area contributed by atoms with Crippen LogP contribution in [0, 0.1) is 5.82 Å². The summed E-state index contributed by atoms with van der Waals surface area (Å²) in [5.74, 6) is 0.635. The molecule has 5 nitrogen and oxygen atoms in total. The zero-order chi connectivity index (χ0) is 27.9. The molecule has 0 unspecified atom stereocenters. The van der Waals surface area contributed by atoms with Crippen LogP contribution in [0.1, 0.15) is 22.3 Å². The standard InChI is InChI=1S/C32H26BrFN2O3S/c1-38-28-17-25(16-27(33)30(28)39-21-24-12-14-26(34)15-13-24)18-29-31(37)36(20-23-10-6-3-7-11-23)32(40-29)35-19-22-8-4-2-5-9-22/h2-18H,19-21H2,1H3/b29-18+,35-32?. The van der Waals surface area contributed by atoms with Crippen molar-refractivity contribution in [1.29, 1.82) is 0 Å². The molecule has 40 heavy (non-hydrogen) atoms. The number of hydrogen-bond donors (Lipinski definition) is 0. The van der Waals surface area contributed by atoms with Crippen LogP contribution in [0.2, 0.25) is 0 Å². The number of ether oxygens (including phenoxy) is 2. The summed E-state index contributed by atoms with van der Waals surface area (Å²) >= 11 is 4.95.